The van der Waals surface area contributed by atoms with Crippen molar-refractivity contribution in [3.8, 4) is 11.8 Å². The molecule has 180 valence electrons. The number of aliphatic hydroxyl groups is 1. The van der Waals surface area contributed by atoms with E-state index < -0.39 is 16.1 Å². The predicted molar refractivity (Wildman–Crippen MR) is 134 cm³/mol. The maximum Gasteiger partial charge on any atom is 0.243 e. The van der Waals surface area contributed by atoms with E-state index in [9.17, 15) is 17.9 Å². The number of nitrogens with zero attached hydrogens (tertiary/aromatic N) is 2. The summed E-state index contributed by atoms with van der Waals surface area (Å²) in [5, 5.41) is 10.2. The zero-order chi connectivity index (χ0) is 24.7. The molecule has 0 bridgehead atoms. The predicted octanol–water partition coefficient (Wildman–Crippen LogP) is 4.10. The third-order valence-electron chi connectivity index (χ3n) is 7.10. The average molecular weight is 491 g/mol. The number of benzene rings is 3. The van der Waals surface area contributed by atoms with Gasteiger partial charge in [0.15, 0.2) is 0 Å². The Morgan fingerprint density at radius 1 is 1.03 bits per heavy atom. The lowest BCUT2D eigenvalue weighted by Crippen LogP contribution is -2.48. The Morgan fingerprint density at radius 2 is 1.74 bits per heavy atom. The second kappa shape index (κ2) is 9.12. The van der Waals surface area contributed by atoms with E-state index in [0.29, 0.717) is 18.5 Å². The number of sulfonamides is 1. The van der Waals surface area contributed by atoms with Gasteiger partial charge in [-0.25, -0.2) is 12.8 Å². The molecule has 1 fully saturated rings. The zero-order valence-corrected chi connectivity index (χ0v) is 20.5. The monoisotopic (exact) mass is 490 g/mol. The van der Waals surface area contributed by atoms with Crippen molar-refractivity contribution in [2.24, 2.45) is 5.92 Å². The fourth-order valence-electron chi connectivity index (χ4n) is 5.35. The van der Waals surface area contributed by atoms with Gasteiger partial charge in [0.2, 0.25) is 10.0 Å². The molecule has 3 aromatic carbocycles. The summed E-state index contributed by atoms with van der Waals surface area (Å²) in [5.41, 5.74) is 4.12. The first kappa shape index (κ1) is 23.6. The van der Waals surface area contributed by atoms with Crippen molar-refractivity contribution >= 4 is 15.7 Å². The van der Waals surface area contributed by atoms with Gasteiger partial charge in [-0.2, -0.15) is 4.31 Å². The maximum absolute atomic E-state index is 13.7. The van der Waals surface area contributed by atoms with Crippen molar-refractivity contribution in [3.63, 3.8) is 0 Å². The Morgan fingerprint density at radius 3 is 2.46 bits per heavy atom. The molecular weight excluding hydrogens is 463 g/mol. The van der Waals surface area contributed by atoms with Gasteiger partial charge in [0.05, 0.1) is 23.6 Å². The highest BCUT2D eigenvalue weighted by Crippen LogP contribution is 2.50. The van der Waals surface area contributed by atoms with Crippen LogP contribution >= 0.6 is 0 Å². The van der Waals surface area contributed by atoms with Crippen LogP contribution in [0, 0.1) is 30.5 Å². The van der Waals surface area contributed by atoms with Crippen molar-refractivity contribution < 1.29 is 17.9 Å². The number of anilines is 1. The van der Waals surface area contributed by atoms with Gasteiger partial charge in [-0.1, -0.05) is 24.0 Å². The summed E-state index contributed by atoms with van der Waals surface area (Å²) >= 11 is 0. The van der Waals surface area contributed by atoms with Crippen LogP contribution < -0.4 is 4.90 Å². The minimum Gasteiger partial charge on any atom is -0.394 e. The molecule has 2 aliphatic heterocycles. The van der Waals surface area contributed by atoms with Gasteiger partial charge in [0, 0.05) is 36.3 Å². The van der Waals surface area contributed by atoms with E-state index in [-0.39, 0.29) is 29.3 Å². The number of likely N-dealkylation sites (N-methyl/N-ethyl adjacent to an activating group) is 1. The number of rotatable bonds is 3. The van der Waals surface area contributed by atoms with Crippen LogP contribution in [0.3, 0.4) is 0 Å². The highest BCUT2D eigenvalue weighted by Gasteiger charge is 2.50. The summed E-state index contributed by atoms with van der Waals surface area (Å²) in [4.78, 5) is 2.34. The summed E-state index contributed by atoms with van der Waals surface area (Å²) in [6, 6.07) is 18.2. The number of halogens is 1. The van der Waals surface area contributed by atoms with Gasteiger partial charge < -0.3 is 10.0 Å². The minimum absolute atomic E-state index is 0.0441. The topological polar surface area (TPSA) is 60.9 Å². The van der Waals surface area contributed by atoms with Gasteiger partial charge >= 0.3 is 0 Å². The van der Waals surface area contributed by atoms with Gasteiger partial charge in [-0.3, -0.25) is 0 Å². The molecule has 1 N–H and O–H groups in total. The molecule has 0 unspecified atom stereocenters. The lowest BCUT2D eigenvalue weighted by molar-refractivity contribution is 0.193. The quantitative estimate of drug-likeness (QED) is 0.562. The first-order chi connectivity index (χ1) is 16.8. The third-order valence-corrected chi connectivity index (χ3v) is 8.97. The highest BCUT2D eigenvalue weighted by molar-refractivity contribution is 7.89. The van der Waals surface area contributed by atoms with E-state index in [4.69, 9.17) is 0 Å². The molecule has 1 saturated heterocycles. The fraction of sp³-hybridized carbons (Fsp3) is 0.286. The van der Waals surface area contributed by atoms with Gasteiger partial charge in [0.25, 0.3) is 0 Å². The van der Waals surface area contributed by atoms with Crippen LogP contribution in [0.5, 0.6) is 0 Å². The first-order valence-electron chi connectivity index (χ1n) is 11.6. The van der Waals surface area contributed by atoms with E-state index in [1.807, 2.05) is 38.2 Å². The average Bonchev–Trinajstić information content (AvgIpc) is 3.30. The largest absolute Gasteiger partial charge is 0.394 e. The number of hydrogen-bond donors (Lipinski definition) is 1. The van der Waals surface area contributed by atoms with E-state index in [2.05, 4.69) is 16.7 Å². The molecule has 3 atom stereocenters. The number of fused-ring (bicyclic) bond motifs is 3. The van der Waals surface area contributed by atoms with Crippen molar-refractivity contribution in [2.45, 2.75) is 30.3 Å². The van der Waals surface area contributed by atoms with Crippen LogP contribution in [-0.4, -0.2) is 44.1 Å². The van der Waals surface area contributed by atoms with Crippen LogP contribution in [0.4, 0.5) is 10.1 Å². The van der Waals surface area contributed by atoms with Gasteiger partial charge in [-0.15, -0.1) is 0 Å². The first-order valence-corrected chi connectivity index (χ1v) is 13.1. The van der Waals surface area contributed by atoms with E-state index in [1.54, 1.807) is 34.6 Å². The second-order valence-corrected chi connectivity index (χ2v) is 11.1. The molecule has 0 aromatic heterocycles. The number of aryl methyl sites for hydroxylation is 1. The van der Waals surface area contributed by atoms with Crippen molar-refractivity contribution in [1.29, 1.82) is 0 Å². The summed E-state index contributed by atoms with van der Waals surface area (Å²) in [5.74, 6) is 5.84. The molecule has 2 heterocycles. The Bertz CT molecular complexity index is 1430. The third kappa shape index (κ3) is 4.23. The molecule has 0 radical (unpaired) electrons. The Hall–Kier alpha value is -3.18. The van der Waals surface area contributed by atoms with Crippen molar-refractivity contribution in [2.75, 3.05) is 25.1 Å². The molecule has 3 aromatic rings. The van der Waals surface area contributed by atoms with E-state index >= 15 is 0 Å². The SMILES string of the molecule is Cc1cccc(S(=O)(=O)N2CC[C@@H]3[C@H](CO)N(C)c4ccc(C#Cc5ccc(F)cc5)cc4[C@@H]32)c1. The Balaban J connectivity index is 1.59. The lowest BCUT2D eigenvalue weighted by atomic mass is 9.82. The normalized spacial score (nSPS) is 21.7. The van der Waals surface area contributed by atoms with Crippen LogP contribution in [0.2, 0.25) is 0 Å². The maximum atomic E-state index is 13.7. The van der Waals surface area contributed by atoms with Crippen LogP contribution in [0.1, 0.15) is 34.7 Å². The lowest BCUT2D eigenvalue weighted by Gasteiger charge is -2.44. The van der Waals surface area contributed by atoms with E-state index in [0.717, 1.165) is 22.4 Å². The van der Waals surface area contributed by atoms with E-state index in [1.165, 1.54) is 12.1 Å². The molecule has 2 aliphatic rings. The van der Waals surface area contributed by atoms with Crippen molar-refractivity contribution in [1.82, 2.24) is 4.31 Å². The summed E-state index contributed by atoms with van der Waals surface area (Å²) in [7, 11) is -1.79. The molecule has 0 aliphatic carbocycles. The summed E-state index contributed by atoms with van der Waals surface area (Å²) in [6.07, 6.45) is 0.663. The smallest absolute Gasteiger partial charge is 0.243 e. The minimum atomic E-state index is -3.73. The summed E-state index contributed by atoms with van der Waals surface area (Å²) < 4.78 is 42.3. The Labute approximate surface area is 205 Å². The zero-order valence-electron chi connectivity index (χ0n) is 19.6. The van der Waals surface area contributed by atoms with Gasteiger partial charge in [-0.05, 0) is 79.1 Å². The molecule has 0 spiro atoms. The molecule has 0 amide bonds. The number of aliphatic hydroxyl groups excluding tert-OH is 1. The molecule has 0 saturated carbocycles. The molecule has 35 heavy (non-hydrogen) atoms. The standard InChI is InChI=1S/C28H27FN2O3S/c1-19-4-3-5-23(16-19)35(33,34)31-15-14-24-27(18-32)30(2)26-13-10-21(17-25(26)28(24)31)7-6-20-8-11-22(29)12-9-20/h3-5,8-13,16-17,24,27-28,32H,14-15,18H2,1-2H3/t24-,27+,28-/m1/s1. The number of hydrogen-bond acceptors (Lipinski definition) is 4. The highest BCUT2D eigenvalue weighted by atomic mass is 32.2. The molecule has 5 rings (SSSR count). The Kier molecular flexibility index (Phi) is 6.14. The van der Waals surface area contributed by atoms with Crippen LogP contribution in [0.25, 0.3) is 0 Å². The second-order valence-electron chi connectivity index (χ2n) is 9.22. The van der Waals surface area contributed by atoms with Crippen LogP contribution in [-0.2, 0) is 10.0 Å². The van der Waals surface area contributed by atoms with Gasteiger partial charge in [0.1, 0.15) is 5.82 Å². The summed E-state index contributed by atoms with van der Waals surface area (Å²) in [6.45, 7) is 2.22. The van der Waals surface area contributed by atoms with Crippen LogP contribution in [0.15, 0.2) is 71.6 Å². The fourth-order valence-corrected chi connectivity index (χ4v) is 7.12. The van der Waals surface area contributed by atoms with Crippen molar-refractivity contribution in [3.05, 3.63) is 94.8 Å². The molecular formula is C28H27FN2O3S. The molecule has 7 heteroatoms. The molecule has 5 nitrogen and oxygen atoms in total.